The lowest BCUT2D eigenvalue weighted by molar-refractivity contribution is 0.393. The second kappa shape index (κ2) is 7.00. The number of aryl methyl sites for hydroxylation is 3. The Balaban J connectivity index is 1.62. The van der Waals surface area contributed by atoms with Crippen molar-refractivity contribution in [2.45, 2.75) is 24.0 Å². The molecule has 7 heteroatoms. The molecular formula is C22H20N5OS+. The Morgan fingerprint density at radius 3 is 2.66 bits per heavy atom. The average Bonchev–Trinajstić information content (AvgIpc) is 3.40. The molecule has 0 saturated heterocycles. The zero-order chi connectivity index (χ0) is 20.0. The van der Waals surface area contributed by atoms with Crippen molar-refractivity contribution in [2.75, 3.05) is 0 Å². The lowest BCUT2D eigenvalue weighted by Gasteiger charge is -2.07. The zero-order valence-corrected chi connectivity index (χ0v) is 17.2. The molecule has 0 amide bonds. The number of fused-ring (bicyclic) bond motifs is 1. The molecule has 0 N–H and O–H groups in total. The van der Waals surface area contributed by atoms with Gasteiger partial charge in [0.25, 0.3) is 0 Å². The summed E-state index contributed by atoms with van der Waals surface area (Å²) in [7, 11) is 1.92. The van der Waals surface area contributed by atoms with Crippen molar-refractivity contribution >= 4 is 29.5 Å². The van der Waals surface area contributed by atoms with Crippen LogP contribution in [0.4, 0.5) is 11.5 Å². The van der Waals surface area contributed by atoms with Gasteiger partial charge in [0, 0.05) is 17.5 Å². The number of aromatic nitrogens is 4. The van der Waals surface area contributed by atoms with E-state index in [0.29, 0.717) is 0 Å². The van der Waals surface area contributed by atoms with E-state index >= 15 is 0 Å². The predicted molar refractivity (Wildman–Crippen MR) is 115 cm³/mol. The molecule has 144 valence electrons. The molecule has 29 heavy (non-hydrogen) atoms. The molecule has 5 rings (SSSR count). The smallest absolute Gasteiger partial charge is 0.332 e. The van der Waals surface area contributed by atoms with Crippen molar-refractivity contribution in [3.05, 3.63) is 72.0 Å². The first kappa shape index (κ1) is 17.9. The van der Waals surface area contributed by atoms with Crippen LogP contribution in [-0.2, 0) is 7.05 Å². The molecule has 6 nitrogen and oxygen atoms in total. The quantitative estimate of drug-likeness (QED) is 0.457. The van der Waals surface area contributed by atoms with Crippen LogP contribution in [0.1, 0.15) is 22.3 Å². The summed E-state index contributed by atoms with van der Waals surface area (Å²) < 4.78 is 9.30. The topological polar surface area (TPSA) is 59.8 Å². The Kier molecular flexibility index (Phi) is 4.32. The highest BCUT2D eigenvalue weighted by molar-refractivity contribution is 8.00. The van der Waals surface area contributed by atoms with Crippen molar-refractivity contribution in [1.82, 2.24) is 24.5 Å². The van der Waals surface area contributed by atoms with Crippen molar-refractivity contribution in [2.24, 2.45) is 7.05 Å². The van der Waals surface area contributed by atoms with Gasteiger partial charge in [-0.2, -0.15) is 9.67 Å². The molecule has 1 aromatic carbocycles. The molecule has 0 aliphatic carbocycles. The van der Waals surface area contributed by atoms with Gasteiger partial charge < -0.3 is 4.52 Å². The predicted octanol–water partition coefficient (Wildman–Crippen LogP) is 4.84. The molecular weight excluding hydrogens is 382 g/mol. The summed E-state index contributed by atoms with van der Waals surface area (Å²) in [5.74, 6) is 1.74. The highest BCUT2D eigenvalue weighted by atomic mass is 32.2. The van der Waals surface area contributed by atoms with E-state index in [4.69, 9.17) is 9.51 Å². The molecule has 1 aliphatic heterocycles. The highest BCUT2D eigenvalue weighted by Gasteiger charge is 2.34. The van der Waals surface area contributed by atoms with Gasteiger partial charge in [-0.3, -0.25) is 4.68 Å². The first-order valence-corrected chi connectivity index (χ1v) is 10.3. The lowest BCUT2D eigenvalue weighted by atomic mass is 10.0. The van der Waals surface area contributed by atoms with Crippen LogP contribution in [-0.4, -0.2) is 26.1 Å². The van der Waals surface area contributed by atoms with Crippen LogP contribution in [0.3, 0.4) is 0 Å². The number of benzene rings is 1. The fourth-order valence-corrected chi connectivity index (χ4v) is 4.77. The molecule has 1 aliphatic rings. The summed E-state index contributed by atoms with van der Waals surface area (Å²) in [6.07, 6.45) is 7.97. The van der Waals surface area contributed by atoms with Crippen LogP contribution in [0.2, 0.25) is 0 Å². The number of pyridine rings is 1. The van der Waals surface area contributed by atoms with Crippen molar-refractivity contribution in [3.63, 3.8) is 0 Å². The Hall–Kier alpha value is -3.19. The summed E-state index contributed by atoms with van der Waals surface area (Å²) >= 11 is 1.81. The van der Waals surface area contributed by atoms with E-state index < -0.39 is 0 Å². The largest absolute Gasteiger partial charge is 0.361 e. The third kappa shape index (κ3) is 3.17. The van der Waals surface area contributed by atoms with E-state index in [1.165, 1.54) is 10.5 Å². The molecule has 0 saturated carbocycles. The fourth-order valence-electron chi connectivity index (χ4n) is 3.68. The van der Waals surface area contributed by atoms with Gasteiger partial charge in [0.2, 0.25) is 0 Å². The van der Waals surface area contributed by atoms with Crippen molar-refractivity contribution < 1.29 is 4.52 Å². The van der Waals surface area contributed by atoms with Gasteiger partial charge in [-0.1, -0.05) is 23.4 Å². The lowest BCUT2D eigenvalue weighted by Crippen LogP contribution is -2.01. The molecule has 0 fully saturated rings. The first-order chi connectivity index (χ1) is 14.1. The number of hydrogen-bond acceptors (Lipinski definition) is 5. The number of rotatable bonds is 4. The molecule has 0 bridgehead atoms. The van der Waals surface area contributed by atoms with Gasteiger partial charge >= 0.3 is 5.82 Å². The van der Waals surface area contributed by atoms with E-state index in [0.717, 1.165) is 34.1 Å². The molecule has 4 aromatic rings. The Labute approximate surface area is 172 Å². The first-order valence-electron chi connectivity index (χ1n) is 9.38. The van der Waals surface area contributed by atoms with Crippen LogP contribution in [0.5, 0.6) is 0 Å². The minimum atomic E-state index is 0.139. The van der Waals surface area contributed by atoms with Gasteiger partial charge in [0.1, 0.15) is 12.0 Å². The summed E-state index contributed by atoms with van der Waals surface area (Å²) in [6.45, 7) is 3.90. The zero-order valence-electron chi connectivity index (χ0n) is 16.4. The maximum absolute atomic E-state index is 5.37. The van der Waals surface area contributed by atoms with Crippen molar-refractivity contribution in [1.29, 1.82) is 0 Å². The molecule has 4 heterocycles. The number of hydrogen-bond donors (Lipinski definition) is 0. The average molecular weight is 403 g/mol. The van der Waals surface area contributed by atoms with Crippen LogP contribution >= 0.6 is 11.8 Å². The van der Waals surface area contributed by atoms with Gasteiger partial charge in [0.15, 0.2) is 5.69 Å². The van der Waals surface area contributed by atoms with E-state index in [-0.39, 0.29) is 5.25 Å². The summed E-state index contributed by atoms with van der Waals surface area (Å²) in [4.78, 5) is 6.05. The Bertz CT molecular complexity index is 1210. The molecule has 0 radical (unpaired) electrons. The second-order valence-electron chi connectivity index (χ2n) is 7.08. The molecule has 1 atom stereocenters. The van der Waals surface area contributed by atoms with Crippen molar-refractivity contribution in [3.8, 4) is 11.1 Å². The third-order valence-corrected chi connectivity index (χ3v) is 6.19. The summed E-state index contributed by atoms with van der Waals surface area (Å²) in [5.41, 5.74) is 5.09. The van der Waals surface area contributed by atoms with Crippen LogP contribution in [0.25, 0.3) is 11.1 Å². The second-order valence-corrected chi connectivity index (χ2v) is 8.29. The molecule has 3 aromatic heterocycles. The normalized spacial score (nSPS) is 15.4. The highest BCUT2D eigenvalue weighted by Crippen LogP contribution is 2.44. The van der Waals surface area contributed by atoms with Crippen LogP contribution in [0, 0.1) is 13.8 Å². The van der Waals surface area contributed by atoms with E-state index in [2.05, 4.69) is 51.4 Å². The third-order valence-electron chi connectivity index (χ3n) is 5.01. The number of thioether (sulfide) groups is 1. The van der Waals surface area contributed by atoms with Gasteiger partial charge in [0.05, 0.1) is 40.7 Å². The van der Waals surface area contributed by atoms with E-state index in [1.54, 1.807) is 4.68 Å². The Morgan fingerprint density at radius 2 is 1.97 bits per heavy atom. The van der Waals surface area contributed by atoms with Crippen LogP contribution < -0.4 is 4.58 Å². The standard InChI is InChI=1S/C22H20N5OS/c1-14-21(15(2)28-25-14)16-9-19-20(29-18-7-5-4-6-8-18)13-27(22(19)23-10-16)17-11-24-26(3)12-17/h4-13,20H,1-3H3/q+1. The molecule has 1 unspecified atom stereocenters. The minimum absolute atomic E-state index is 0.139. The fraction of sp³-hybridized carbons (Fsp3) is 0.182. The SMILES string of the molecule is Cc1noc(C)c1-c1cnc2c(c1)C(Sc1ccccc1)C=[N+]2c1cnn(C)c1. The maximum atomic E-state index is 5.37. The summed E-state index contributed by atoms with van der Waals surface area (Å²) in [5, 5.41) is 8.56. The van der Waals surface area contributed by atoms with E-state index in [1.807, 2.05) is 57.3 Å². The van der Waals surface area contributed by atoms with Gasteiger partial charge in [-0.15, -0.1) is 11.8 Å². The molecule has 0 spiro atoms. The Morgan fingerprint density at radius 1 is 1.14 bits per heavy atom. The van der Waals surface area contributed by atoms with Gasteiger partial charge in [-0.25, -0.2) is 0 Å². The monoisotopic (exact) mass is 402 g/mol. The summed E-state index contributed by atoms with van der Waals surface area (Å²) in [6, 6.07) is 12.6. The van der Waals surface area contributed by atoms with Crippen LogP contribution in [0.15, 0.2) is 64.4 Å². The maximum Gasteiger partial charge on any atom is 0.332 e. The van der Waals surface area contributed by atoms with Gasteiger partial charge in [-0.05, 0) is 37.0 Å². The van der Waals surface area contributed by atoms with E-state index in [9.17, 15) is 0 Å². The minimum Gasteiger partial charge on any atom is -0.361 e. The number of nitrogens with zero attached hydrogens (tertiary/aromatic N) is 5.